The summed E-state index contributed by atoms with van der Waals surface area (Å²) in [5.74, 6) is 2.84. The summed E-state index contributed by atoms with van der Waals surface area (Å²) in [6.45, 7) is 10.5. The maximum atomic E-state index is 4.95. The fraction of sp³-hybridized carbons (Fsp3) is 0.400. The number of imidazole rings is 1. The van der Waals surface area contributed by atoms with E-state index in [0.717, 1.165) is 35.9 Å². The van der Waals surface area contributed by atoms with Crippen LogP contribution in [0.15, 0.2) is 36.7 Å². The van der Waals surface area contributed by atoms with Crippen molar-refractivity contribution in [2.75, 3.05) is 18.0 Å². The van der Waals surface area contributed by atoms with Crippen LogP contribution in [-0.2, 0) is 5.41 Å². The Morgan fingerprint density at radius 1 is 1.07 bits per heavy atom. The lowest BCUT2D eigenvalue weighted by molar-refractivity contribution is 0.370. The fourth-order valence-corrected chi connectivity index (χ4v) is 3.89. The molecule has 0 atom stereocenters. The van der Waals surface area contributed by atoms with E-state index < -0.39 is 0 Å². The van der Waals surface area contributed by atoms with E-state index in [0.29, 0.717) is 11.8 Å². The third-order valence-electron chi connectivity index (χ3n) is 5.18. The van der Waals surface area contributed by atoms with E-state index in [2.05, 4.69) is 75.6 Å². The number of hydrogen-bond acceptors (Lipinski definition) is 5. The molecule has 0 radical (unpaired) electrons. The molecule has 0 bridgehead atoms. The Bertz CT molecular complexity index is 1140. The summed E-state index contributed by atoms with van der Waals surface area (Å²) < 4.78 is 4.25. The average molecular weight is 361 g/mol. The molecule has 7 heteroatoms. The van der Waals surface area contributed by atoms with Crippen LogP contribution in [0.1, 0.15) is 38.3 Å². The Morgan fingerprint density at radius 2 is 1.85 bits per heavy atom. The number of rotatable bonds is 2. The number of para-hydroxylation sites is 2. The maximum Gasteiger partial charge on any atom is 0.254 e. The zero-order chi connectivity index (χ0) is 18.8. The molecule has 3 aromatic heterocycles. The van der Waals surface area contributed by atoms with Crippen molar-refractivity contribution >= 4 is 22.6 Å². The Hall–Kier alpha value is -2.96. The topological polar surface area (TPSA) is 64.1 Å². The van der Waals surface area contributed by atoms with Crippen molar-refractivity contribution in [3.05, 3.63) is 48.2 Å². The van der Waals surface area contributed by atoms with Crippen LogP contribution in [0, 0.1) is 6.92 Å². The van der Waals surface area contributed by atoms with E-state index in [1.807, 2.05) is 11.4 Å². The highest BCUT2D eigenvalue weighted by molar-refractivity contribution is 5.76. The molecule has 7 nitrogen and oxygen atoms in total. The van der Waals surface area contributed by atoms with Crippen LogP contribution in [0.5, 0.6) is 0 Å². The first-order chi connectivity index (χ1) is 12.9. The third kappa shape index (κ3) is 2.49. The predicted molar refractivity (Wildman–Crippen MR) is 105 cm³/mol. The van der Waals surface area contributed by atoms with Crippen molar-refractivity contribution in [3.8, 4) is 0 Å². The Balaban J connectivity index is 1.53. The molecule has 0 unspecified atom stereocenters. The van der Waals surface area contributed by atoms with E-state index in [1.54, 1.807) is 6.33 Å². The van der Waals surface area contributed by atoms with E-state index in [9.17, 15) is 0 Å². The van der Waals surface area contributed by atoms with E-state index in [1.165, 1.54) is 5.52 Å². The largest absolute Gasteiger partial charge is 0.352 e. The summed E-state index contributed by atoms with van der Waals surface area (Å²) in [6, 6.07) is 10.9. The summed E-state index contributed by atoms with van der Waals surface area (Å²) >= 11 is 0. The zero-order valence-electron chi connectivity index (χ0n) is 16.1. The van der Waals surface area contributed by atoms with Crippen LogP contribution in [0.25, 0.3) is 16.8 Å². The lowest BCUT2D eigenvalue weighted by Crippen LogP contribution is -2.49. The van der Waals surface area contributed by atoms with Crippen molar-refractivity contribution in [2.24, 2.45) is 0 Å². The monoisotopic (exact) mass is 361 g/mol. The van der Waals surface area contributed by atoms with E-state index in [-0.39, 0.29) is 5.41 Å². The molecule has 1 aromatic carbocycles. The minimum Gasteiger partial charge on any atom is -0.352 e. The first-order valence-corrected chi connectivity index (χ1v) is 9.31. The van der Waals surface area contributed by atoms with E-state index >= 15 is 0 Å². The predicted octanol–water partition coefficient (Wildman–Crippen LogP) is 3.14. The van der Waals surface area contributed by atoms with Gasteiger partial charge in [-0.1, -0.05) is 32.9 Å². The number of aryl methyl sites for hydroxylation is 1. The molecular formula is C20H23N7. The lowest BCUT2D eigenvalue weighted by atomic mass is 9.94. The highest BCUT2D eigenvalue weighted by atomic mass is 15.4. The van der Waals surface area contributed by atoms with Gasteiger partial charge in [0.2, 0.25) is 0 Å². The van der Waals surface area contributed by atoms with Crippen LogP contribution in [-0.4, -0.2) is 42.2 Å². The number of fused-ring (bicyclic) bond motifs is 2. The molecule has 0 aliphatic carbocycles. The summed E-state index contributed by atoms with van der Waals surface area (Å²) in [7, 11) is 0. The van der Waals surface area contributed by atoms with Gasteiger partial charge in [0, 0.05) is 30.3 Å². The summed E-state index contributed by atoms with van der Waals surface area (Å²) in [6.07, 6.45) is 1.56. The molecule has 4 heterocycles. The molecule has 0 spiro atoms. The number of anilines is 1. The van der Waals surface area contributed by atoms with Gasteiger partial charge in [-0.25, -0.2) is 9.97 Å². The molecule has 1 aliphatic rings. The SMILES string of the molecule is Cc1cc(N2CC(n3c(C(C)(C)C)nc4ccccc43)C2)n2ncnc2n1. The quantitative estimate of drug-likeness (QED) is 0.549. The second kappa shape index (κ2) is 5.52. The second-order valence-corrected chi connectivity index (χ2v) is 8.33. The zero-order valence-corrected chi connectivity index (χ0v) is 16.1. The molecule has 4 aromatic rings. The van der Waals surface area contributed by atoms with Crippen molar-refractivity contribution in [1.29, 1.82) is 0 Å². The first-order valence-electron chi connectivity index (χ1n) is 9.31. The van der Waals surface area contributed by atoms with Crippen LogP contribution in [0.2, 0.25) is 0 Å². The van der Waals surface area contributed by atoms with Crippen molar-refractivity contribution in [2.45, 2.75) is 39.2 Å². The van der Waals surface area contributed by atoms with Crippen LogP contribution in [0.4, 0.5) is 5.82 Å². The maximum absolute atomic E-state index is 4.95. The van der Waals surface area contributed by atoms with Gasteiger partial charge in [0.1, 0.15) is 18.0 Å². The number of benzene rings is 1. The summed E-state index contributed by atoms with van der Waals surface area (Å²) in [5.41, 5.74) is 3.23. The van der Waals surface area contributed by atoms with Crippen LogP contribution >= 0.6 is 0 Å². The molecular weight excluding hydrogens is 338 g/mol. The van der Waals surface area contributed by atoms with Crippen molar-refractivity contribution < 1.29 is 0 Å². The van der Waals surface area contributed by atoms with Gasteiger partial charge in [-0.3, -0.25) is 0 Å². The molecule has 0 N–H and O–H groups in total. The van der Waals surface area contributed by atoms with Gasteiger partial charge in [0.25, 0.3) is 5.78 Å². The molecule has 0 amide bonds. The molecule has 138 valence electrons. The number of hydrogen-bond donors (Lipinski definition) is 0. The third-order valence-corrected chi connectivity index (χ3v) is 5.18. The molecule has 0 saturated carbocycles. The molecule has 5 rings (SSSR count). The van der Waals surface area contributed by atoms with Crippen molar-refractivity contribution in [3.63, 3.8) is 0 Å². The summed E-state index contributed by atoms with van der Waals surface area (Å²) in [4.78, 5) is 16.0. The van der Waals surface area contributed by atoms with Crippen LogP contribution in [0.3, 0.4) is 0 Å². The lowest BCUT2D eigenvalue weighted by Gasteiger charge is -2.43. The minimum absolute atomic E-state index is 0.00807. The number of aromatic nitrogens is 6. The Morgan fingerprint density at radius 3 is 2.63 bits per heavy atom. The van der Waals surface area contributed by atoms with Crippen LogP contribution < -0.4 is 4.90 Å². The Kier molecular flexibility index (Phi) is 3.32. The van der Waals surface area contributed by atoms with Gasteiger partial charge in [-0.05, 0) is 19.1 Å². The Labute approximate surface area is 157 Å². The highest BCUT2D eigenvalue weighted by Crippen LogP contribution is 2.35. The van der Waals surface area contributed by atoms with E-state index in [4.69, 9.17) is 4.98 Å². The smallest absolute Gasteiger partial charge is 0.254 e. The van der Waals surface area contributed by atoms with Gasteiger partial charge in [0.05, 0.1) is 17.1 Å². The molecule has 27 heavy (non-hydrogen) atoms. The normalized spacial score (nSPS) is 15.6. The highest BCUT2D eigenvalue weighted by Gasteiger charge is 2.35. The van der Waals surface area contributed by atoms with Gasteiger partial charge in [-0.2, -0.15) is 14.6 Å². The van der Waals surface area contributed by atoms with Gasteiger partial charge >= 0.3 is 0 Å². The minimum atomic E-state index is -0.00807. The molecule has 1 aliphatic heterocycles. The van der Waals surface area contributed by atoms with Gasteiger partial charge in [-0.15, -0.1) is 0 Å². The van der Waals surface area contributed by atoms with Gasteiger partial charge in [0.15, 0.2) is 0 Å². The van der Waals surface area contributed by atoms with Crippen molar-refractivity contribution in [1.82, 2.24) is 29.1 Å². The first kappa shape index (κ1) is 16.2. The number of nitrogens with zero attached hydrogens (tertiary/aromatic N) is 7. The summed E-state index contributed by atoms with van der Waals surface area (Å²) in [5, 5.41) is 4.34. The molecule has 1 saturated heterocycles. The standard InChI is InChI=1S/C20H23N7/c1-13-9-17(27-19(23-13)21-12-22-27)25-10-14(11-25)26-16-8-6-5-7-15(16)24-18(26)20(2,3)4/h5-9,12,14H,10-11H2,1-4H3. The molecule has 1 fully saturated rings. The fourth-order valence-electron chi connectivity index (χ4n) is 3.89. The second-order valence-electron chi connectivity index (χ2n) is 8.33. The van der Waals surface area contributed by atoms with Gasteiger partial charge < -0.3 is 9.47 Å². The average Bonchev–Trinajstić information content (AvgIpc) is 3.18.